The molecule has 0 N–H and O–H groups in total. The number of sulfone groups is 1. The molecule has 112 valence electrons. The van der Waals surface area contributed by atoms with Crippen LogP contribution in [0.4, 0.5) is 0 Å². The van der Waals surface area contributed by atoms with E-state index in [4.69, 9.17) is 0 Å². The lowest BCUT2D eigenvalue weighted by molar-refractivity contribution is 0.560. The first-order valence-electron chi connectivity index (χ1n) is 7.26. The van der Waals surface area contributed by atoms with Gasteiger partial charge < -0.3 is 0 Å². The maximum Gasteiger partial charge on any atom is 0.157 e. The van der Waals surface area contributed by atoms with Gasteiger partial charge in [-0.3, -0.25) is 0 Å². The van der Waals surface area contributed by atoms with Gasteiger partial charge in [0.1, 0.15) is 0 Å². The molecule has 1 aromatic heterocycles. The van der Waals surface area contributed by atoms with Gasteiger partial charge in [0, 0.05) is 4.88 Å². The molecule has 1 aliphatic rings. The number of hydrogen-bond donors (Lipinski definition) is 0. The second-order valence-corrected chi connectivity index (χ2v) is 8.80. The molecule has 1 heterocycles. The molecule has 3 nitrogen and oxygen atoms in total. The highest BCUT2D eigenvalue weighted by Gasteiger charge is 2.31. The van der Waals surface area contributed by atoms with Gasteiger partial charge >= 0.3 is 0 Å². The van der Waals surface area contributed by atoms with Crippen molar-refractivity contribution in [1.29, 1.82) is 0 Å². The standard InChI is InChI=1S/C16H19NO2S2/c1-12-15(20-11-17-12)9-10-21(18,19)16-8-4-6-13-5-2-3-7-14(13)16/h2-3,5,7,11,16H,4,6,8-10H2,1H3/t16-/m1/s1. The highest BCUT2D eigenvalue weighted by molar-refractivity contribution is 7.91. The zero-order valence-corrected chi connectivity index (χ0v) is 13.7. The average Bonchev–Trinajstić information content (AvgIpc) is 2.90. The molecule has 0 saturated heterocycles. The van der Waals surface area contributed by atoms with E-state index in [-0.39, 0.29) is 11.0 Å². The Morgan fingerprint density at radius 2 is 2.14 bits per heavy atom. The minimum absolute atomic E-state index is 0.217. The number of benzene rings is 1. The molecule has 0 spiro atoms. The van der Waals surface area contributed by atoms with E-state index in [1.807, 2.05) is 25.1 Å². The maximum absolute atomic E-state index is 12.7. The summed E-state index contributed by atoms with van der Waals surface area (Å²) >= 11 is 1.55. The Morgan fingerprint density at radius 1 is 1.33 bits per heavy atom. The van der Waals surface area contributed by atoms with Gasteiger partial charge in [0.05, 0.1) is 22.2 Å². The summed E-state index contributed by atoms with van der Waals surface area (Å²) in [4.78, 5) is 5.28. The molecule has 1 atom stereocenters. The van der Waals surface area contributed by atoms with Gasteiger partial charge in [0.2, 0.25) is 0 Å². The molecule has 5 heteroatoms. The Kier molecular flexibility index (Phi) is 4.13. The zero-order chi connectivity index (χ0) is 14.9. The molecule has 0 aliphatic heterocycles. The Labute approximate surface area is 130 Å². The third kappa shape index (κ3) is 3.04. The van der Waals surface area contributed by atoms with Gasteiger partial charge in [-0.2, -0.15) is 0 Å². The van der Waals surface area contributed by atoms with Crippen LogP contribution in [0.3, 0.4) is 0 Å². The van der Waals surface area contributed by atoms with Crippen LogP contribution in [0.2, 0.25) is 0 Å². The van der Waals surface area contributed by atoms with Crippen molar-refractivity contribution in [2.75, 3.05) is 5.75 Å². The lowest BCUT2D eigenvalue weighted by Crippen LogP contribution is -2.22. The lowest BCUT2D eigenvalue weighted by atomic mass is 9.91. The molecule has 0 fully saturated rings. The van der Waals surface area contributed by atoms with Crippen LogP contribution in [-0.2, 0) is 22.7 Å². The van der Waals surface area contributed by atoms with Crippen LogP contribution in [0, 0.1) is 6.92 Å². The van der Waals surface area contributed by atoms with Crippen LogP contribution in [0.15, 0.2) is 29.8 Å². The van der Waals surface area contributed by atoms with Crippen molar-refractivity contribution < 1.29 is 8.42 Å². The van der Waals surface area contributed by atoms with E-state index in [1.165, 1.54) is 5.56 Å². The smallest absolute Gasteiger partial charge is 0.157 e. The highest BCUT2D eigenvalue weighted by Crippen LogP contribution is 2.36. The molecule has 0 unspecified atom stereocenters. The van der Waals surface area contributed by atoms with Crippen molar-refractivity contribution in [3.63, 3.8) is 0 Å². The van der Waals surface area contributed by atoms with E-state index in [1.54, 1.807) is 16.8 Å². The number of hydrogen-bond acceptors (Lipinski definition) is 4. The van der Waals surface area contributed by atoms with Crippen LogP contribution < -0.4 is 0 Å². The van der Waals surface area contributed by atoms with Gasteiger partial charge in [-0.1, -0.05) is 24.3 Å². The first-order chi connectivity index (χ1) is 10.1. The molecule has 21 heavy (non-hydrogen) atoms. The number of rotatable bonds is 4. The molecule has 2 aromatic rings. The van der Waals surface area contributed by atoms with Crippen LogP contribution >= 0.6 is 11.3 Å². The van der Waals surface area contributed by atoms with Gasteiger partial charge in [-0.15, -0.1) is 11.3 Å². The average molecular weight is 321 g/mol. The fraction of sp³-hybridized carbons (Fsp3) is 0.438. The van der Waals surface area contributed by atoms with Crippen LogP contribution in [0.25, 0.3) is 0 Å². The molecular formula is C16H19NO2S2. The van der Waals surface area contributed by atoms with Gasteiger partial charge in [-0.25, -0.2) is 13.4 Å². The van der Waals surface area contributed by atoms with Crippen molar-refractivity contribution in [2.45, 2.75) is 37.9 Å². The quantitative estimate of drug-likeness (QED) is 0.866. The summed E-state index contributed by atoms with van der Waals surface area (Å²) in [5, 5.41) is -0.323. The number of aromatic nitrogens is 1. The van der Waals surface area contributed by atoms with Gasteiger partial charge in [0.15, 0.2) is 9.84 Å². The van der Waals surface area contributed by atoms with E-state index in [2.05, 4.69) is 11.1 Å². The zero-order valence-electron chi connectivity index (χ0n) is 12.1. The van der Waals surface area contributed by atoms with Crippen molar-refractivity contribution in [2.24, 2.45) is 0 Å². The Morgan fingerprint density at radius 3 is 2.90 bits per heavy atom. The molecule has 1 aromatic carbocycles. The van der Waals surface area contributed by atoms with E-state index in [0.29, 0.717) is 6.42 Å². The summed E-state index contributed by atoms with van der Waals surface area (Å²) in [5.74, 6) is 0.217. The molecule has 1 aliphatic carbocycles. The summed E-state index contributed by atoms with van der Waals surface area (Å²) in [6, 6.07) is 7.98. The monoisotopic (exact) mass is 321 g/mol. The van der Waals surface area contributed by atoms with Crippen LogP contribution in [0.5, 0.6) is 0 Å². The van der Waals surface area contributed by atoms with E-state index >= 15 is 0 Å². The fourth-order valence-electron chi connectivity index (χ4n) is 3.03. The van der Waals surface area contributed by atoms with Crippen LogP contribution in [-0.4, -0.2) is 19.2 Å². The Hall–Kier alpha value is -1.20. The highest BCUT2D eigenvalue weighted by atomic mass is 32.2. The molecule has 0 radical (unpaired) electrons. The largest absolute Gasteiger partial charge is 0.250 e. The van der Waals surface area contributed by atoms with Crippen molar-refractivity contribution in [1.82, 2.24) is 4.98 Å². The van der Waals surface area contributed by atoms with E-state index in [0.717, 1.165) is 35.4 Å². The van der Waals surface area contributed by atoms with Crippen molar-refractivity contribution >= 4 is 21.2 Å². The SMILES string of the molecule is Cc1ncsc1CCS(=O)(=O)[C@@H]1CCCc2ccccc21. The summed E-state index contributed by atoms with van der Waals surface area (Å²) in [6.45, 7) is 1.94. The predicted octanol–water partition coefficient (Wildman–Crippen LogP) is 3.49. The predicted molar refractivity (Wildman–Crippen MR) is 86.5 cm³/mol. The lowest BCUT2D eigenvalue weighted by Gasteiger charge is -2.25. The number of aryl methyl sites for hydroxylation is 3. The Balaban J connectivity index is 1.81. The normalized spacial score (nSPS) is 18.4. The fourth-order valence-corrected chi connectivity index (χ4v) is 5.85. The van der Waals surface area contributed by atoms with Crippen molar-refractivity contribution in [3.05, 3.63) is 51.5 Å². The second-order valence-electron chi connectivity index (χ2n) is 5.56. The van der Waals surface area contributed by atoms with E-state index < -0.39 is 9.84 Å². The van der Waals surface area contributed by atoms with Gasteiger partial charge in [-0.05, 0) is 43.7 Å². The molecule has 0 saturated carbocycles. The minimum Gasteiger partial charge on any atom is -0.250 e. The summed E-state index contributed by atoms with van der Waals surface area (Å²) in [5.41, 5.74) is 4.96. The number of thiazole rings is 1. The van der Waals surface area contributed by atoms with Crippen LogP contribution in [0.1, 0.15) is 39.8 Å². The molecule has 0 amide bonds. The third-order valence-electron chi connectivity index (χ3n) is 4.21. The first kappa shape index (κ1) is 14.7. The van der Waals surface area contributed by atoms with Gasteiger partial charge in [0.25, 0.3) is 0 Å². The second kappa shape index (κ2) is 5.89. The number of nitrogens with zero attached hydrogens (tertiary/aromatic N) is 1. The third-order valence-corrected chi connectivity index (χ3v) is 7.33. The molecule has 3 rings (SSSR count). The summed E-state index contributed by atoms with van der Waals surface area (Å²) in [7, 11) is -3.11. The Bertz CT molecular complexity index is 734. The molecular weight excluding hydrogens is 302 g/mol. The van der Waals surface area contributed by atoms with E-state index in [9.17, 15) is 8.42 Å². The topological polar surface area (TPSA) is 47.0 Å². The minimum atomic E-state index is -3.11. The van der Waals surface area contributed by atoms with Crippen molar-refractivity contribution in [3.8, 4) is 0 Å². The first-order valence-corrected chi connectivity index (χ1v) is 9.86. The summed E-state index contributed by atoms with van der Waals surface area (Å²) in [6.07, 6.45) is 3.29. The molecule has 0 bridgehead atoms. The maximum atomic E-state index is 12.7. The number of fused-ring (bicyclic) bond motifs is 1. The summed E-state index contributed by atoms with van der Waals surface area (Å²) < 4.78 is 25.5.